The highest BCUT2D eigenvalue weighted by Crippen LogP contribution is 2.25. The Morgan fingerprint density at radius 3 is 2.60 bits per heavy atom. The van der Waals surface area contributed by atoms with Gasteiger partial charge in [-0.2, -0.15) is 0 Å². The molecule has 1 heterocycles. The average molecular weight is 270 g/mol. The van der Waals surface area contributed by atoms with Gasteiger partial charge in [0.15, 0.2) is 0 Å². The lowest BCUT2D eigenvalue weighted by Gasteiger charge is -2.35. The first-order chi connectivity index (χ1) is 9.69. The molecule has 3 rings (SSSR count). The molecule has 1 aliphatic carbocycles. The second kappa shape index (κ2) is 5.12. The molecule has 4 heteroatoms. The highest BCUT2D eigenvalue weighted by atomic mass is 16.2. The largest absolute Gasteiger partial charge is 0.352 e. The van der Waals surface area contributed by atoms with Crippen LogP contribution in [0, 0.1) is 0 Å². The Morgan fingerprint density at radius 2 is 1.95 bits per heavy atom. The molecule has 1 N–H and O–H groups in total. The number of rotatable bonds is 3. The fourth-order valence-corrected chi connectivity index (χ4v) is 2.63. The molecule has 1 aromatic rings. The second-order valence-corrected chi connectivity index (χ2v) is 5.44. The predicted molar refractivity (Wildman–Crippen MR) is 75.8 cm³/mol. The number of fused-ring (bicyclic) bond motifs is 1. The van der Waals surface area contributed by atoms with Crippen molar-refractivity contribution >= 4 is 11.8 Å². The van der Waals surface area contributed by atoms with E-state index in [0.29, 0.717) is 19.0 Å². The number of benzene rings is 1. The maximum atomic E-state index is 12.3. The van der Waals surface area contributed by atoms with Crippen LogP contribution < -0.4 is 5.32 Å². The van der Waals surface area contributed by atoms with Crippen LogP contribution in [0.1, 0.15) is 24.0 Å². The molecule has 1 fully saturated rings. The van der Waals surface area contributed by atoms with E-state index < -0.39 is 6.04 Å². The standard InChI is InChI=1S/C16H18N2O2/c1-2-15(19)18-10-12-6-4-3-5-11(12)9-14(18)16(20)17-13-7-8-13/h2-6,13-14H,1,7-10H2,(H,17,20)/t14-/m1/s1. The van der Waals surface area contributed by atoms with Gasteiger partial charge in [-0.05, 0) is 30.0 Å². The summed E-state index contributed by atoms with van der Waals surface area (Å²) in [5.74, 6) is -0.229. The molecule has 1 saturated carbocycles. The van der Waals surface area contributed by atoms with Crippen LogP contribution in [0.2, 0.25) is 0 Å². The number of nitrogens with zero attached hydrogens (tertiary/aromatic N) is 1. The molecule has 1 aliphatic heterocycles. The third kappa shape index (κ3) is 2.46. The first kappa shape index (κ1) is 12.9. The van der Waals surface area contributed by atoms with E-state index >= 15 is 0 Å². The lowest BCUT2D eigenvalue weighted by atomic mass is 9.93. The van der Waals surface area contributed by atoms with Gasteiger partial charge in [0.2, 0.25) is 11.8 Å². The second-order valence-electron chi connectivity index (χ2n) is 5.44. The van der Waals surface area contributed by atoms with Crippen molar-refractivity contribution in [1.82, 2.24) is 10.2 Å². The van der Waals surface area contributed by atoms with E-state index in [1.54, 1.807) is 4.90 Å². The highest BCUT2D eigenvalue weighted by Gasteiger charge is 2.35. The van der Waals surface area contributed by atoms with Gasteiger partial charge in [0, 0.05) is 19.0 Å². The Hall–Kier alpha value is -2.10. The van der Waals surface area contributed by atoms with Crippen molar-refractivity contribution in [3.63, 3.8) is 0 Å². The summed E-state index contributed by atoms with van der Waals surface area (Å²) in [6.45, 7) is 4.01. The van der Waals surface area contributed by atoms with Gasteiger partial charge in [-0.25, -0.2) is 0 Å². The zero-order chi connectivity index (χ0) is 14.1. The molecular formula is C16H18N2O2. The first-order valence-electron chi connectivity index (χ1n) is 6.99. The van der Waals surface area contributed by atoms with E-state index in [9.17, 15) is 9.59 Å². The zero-order valence-corrected chi connectivity index (χ0v) is 11.3. The molecule has 4 nitrogen and oxygen atoms in total. The quantitative estimate of drug-likeness (QED) is 0.844. The van der Waals surface area contributed by atoms with Gasteiger partial charge in [-0.1, -0.05) is 30.8 Å². The molecule has 20 heavy (non-hydrogen) atoms. The lowest BCUT2D eigenvalue weighted by Crippen LogP contribution is -2.52. The van der Waals surface area contributed by atoms with Crippen LogP contribution in [0.4, 0.5) is 0 Å². The van der Waals surface area contributed by atoms with E-state index in [0.717, 1.165) is 24.0 Å². The van der Waals surface area contributed by atoms with Crippen LogP contribution in [0.15, 0.2) is 36.9 Å². The third-order valence-electron chi connectivity index (χ3n) is 3.93. The van der Waals surface area contributed by atoms with E-state index in [1.165, 1.54) is 6.08 Å². The number of nitrogens with one attached hydrogen (secondary N) is 1. The summed E-state index contributed by atoms with van der Waals surface area (Å²) in [5, 5.41) is 3.00. The van der Waals surface area contributed by atoms with Gasteiger partial charge < -0.3 is 10.2 Å². The topological polar surface area (TPSA) is 49.4 Å². The van der Waals surface area contributed by atoms with Crippen molar-refractivity contribution in [2.75, 3.05) is 0 Å². The van der Waals surface area contributed by atoms with E-state index in [1.807, 2.05) is 24.3 Å². The molecule has 0 saturated heterocycles. The van der Waals surface area contributed by atoms with Gasteiger partial charge in [-0.3, -0.25) is 9.59 Å². The number of carbonyl (C=O) groups is 2. The molecule has 0 bridgehead atoms. The molecule has 0 aromatic heterocycles. The molecule has 2 amide bonds. The minimum absolute atomic E-state index is 0.0443. The molecule has 104 valence electrons. The highest BCUT2D eigenvalue weighted by molar-refractivity contribution is 5.93. The third-order valence-corrected chi connectivity index (χ3v) is 3.93. The maximum Gasteiger partial charge on any atom is 0.246 e. The van der Waals surface area contributed by atoms with Crippen LogP contribution in [0.5, 0.6) is 0 Å². The molecule has 0 spiro atoms. The van der Waals surface area contributed by atoms with Gasteiger partial charge in [-0.15, -0.1) is 0 Å². The van der Waals surface area contributed by atoms with Crippen LogP contribution in [0.25, 0.3) is 0 Å². The molecule has 1 atom stereocenters. The summed E-state index contributed by atoms with van der Waals surface area (Å²) in [6, 6.07) is 7.85. The molecule has 2 aliphatic rings. The van der Waals surface area contributed by atoms with Crippen LogP contribution in [0.3, 0.4) is 0 Å². The summed E-state index contributed by atoms with van der Waals surface area (Å²) < 4.78 is 0. The fourth-order valence-electron chi connectivity index (χ4n) is 2.63. The molecular weight excluding hydrogens is 252 g/mol. The summed E-state index contributed by atoms with van der Waals surface area (Å²) in [5.41, 5.74) is 2.26. The van der Waals surface area contributed by atoms with E-state index in [-0.39, 0.29) is 11.8 Å². The Morgan fingerprint density at radius 1 is 1.25 bits per heavy atom. The minimum Gasteiger partial charge on any atom is -0.352 e. The molecule has 0 radical (unpaired) electrons. The normalized spacial score (nSPS) is 21.0. The van der Waals surface area contributed by atoms with Gasteiger partial charge >= 0.3 is 0 Å². The molecule has 1 aromatic carbocycles. The van der Waals surface area contributed by atoms with Gasteiger partial charge in [0.1, 0.15) is 6.04 Å². The van der Waals surface area contributed by atoms with Gasteiger partial charge in [0.25, 0.3) is 0 Å². The number of hydrogen-bond acceptors (Lipinski definition) is 2. The predicted octanol–water partition coefficient (Wildman–Crippen LogP) is 1.40. The Bertz CT molecular complexity index is 563. The van der Waals surface area contributed by atoms with Crippen molar-refractivity contribution in [2.24, 2.45) is 0 Å². The maximum absolute atomic E-state index is 12.3. The van der Waals surface area contributed by atoms with Gasteiger partial charge in [0.05, 0.1) is 0 Å². The number of carbonyl (C=O) groups excluding carboxylic acids is 2. The summed E-state index contributed by atoms with van der Waals surface area (Å²) in [7, 11) is 0. The van der Waals surface area contributed by atoms with Crippen LogP contribution >= 0.6 is 0 Å². The lowest BCUT2D eigenvalue weighted by molar-refractivity contribution is -0.138. The minimum atomic E-state index is -0.420. The zero-order valence-electron chi connectivity index (χ0n) is 11.3. The van der Waals surface area contributed by atoms with E-state index in [2.05, 4.69) is 11.9 Å². The average Bonchev–Trinajstić information content (AvgIpc) is 3.29. The Balaban J connectivity index is 1.86. The van der Waals surface area contributed by atoms with Crippen LogP contribution in [-0.4, -0.2) is 28.8 Å². The first-order valence-corrected chi connectivity index (χ1v) is 6.99. The fraction of sp³-hybridized carbons (Fsp3) is 0.375. The van der Waals surface area contributed by atoms with Crippen molar-refractivity contribution < 1.29 is 9.59 Å². The summed E-state index contributed by atoms with van der Waals surface area (Å²) >= 11 is 0. The molecule has 0 unspecified atom stereocenters. The number of hydrogen-bond donors (Lipinski definition) is 1. The van der Waals surface area contributed by atoms with Crippen molar-refractivity contribution in [3.8, 4) is 0 Å². The SMILES string of the molecule is C=CC(=O)N1Cc2ccccc2C[C@@H]1C(=O)NC1CC1. The number of amides is 2. The smallest absolute Gasteiger partial charge is 0.246 e. The van der Waals surface area contributed by atoms with Crippen molar-refractivity contribution in [1.29, 1.82) is 0 Å². The Kier molecular flexibility index (Phi) is 3.30. The Labute approximate surface area is 118 Å². The van der Waals surface area contributed by atoms with E-state index in [4.69, 9.17) is 0 Å². The van der Waals surface area contributed by atoms with Crippen molar-refractivity contribution in [3.05, 3.63) is 48.0 Å². The summed E-state index contributed by atoms with van der Waals surface area (Å²) in [6.07, 6.45) is 3.95. The summed E-state index contributed by atoms with van der Waals surface area (Å²) in [4.78, 5) is 26.0. The monoisotopic (exact) mass is 270 g/mol. The van der Waals surface area contributed by atoms with Crippen LogP contribution in [-0.2, 0) is 22.6 Å². The van der Waals surface area contributed by atoms with Crippen molar-refractivity contribution in [2.45, 2.75) is 37.9 Å².